The Balaban J connectivity index is 1.82. The quantitative estimate of drug-likeness (QED) is 0.436. The SMILES string of the molecule is Cc1ccc(OCOCC2CC2)c(CCl)n1. The average Bonchev–Trinajstić information content (AvgIpc) is 3.09. The van der Waals surface area contributed by atoms with Crippen LogP contribution in [0, 0.1) is 12.8 Å². The summed E-state index contributed by atoms with van der Waals surface area (Å²) in [5, 5.41) is 0. The predicted octanol–water partition coefficient (Wildman–Crippen LogP) is 2.89. The lowest BCUT2D eigenvalue weighted by molar-refractivity contribution is 0.00932. The third kappa shape index (κ3) is 3.35. The predicted molar refractivity (Wildman–Crippen MR) is 62.7 cm³/mol. The van der Waals surface area contributed by atoms with E-state index < -0.39 is 0 Å². The lowest BCUT2D eigenvalue weighted by Gasteiger charge is -2.10. The molecule has 1 aliphatic rings. The normalized spacial score (nSPS) is 15.1. The lowest BCUT2D eigenvalue weighted by atomic mass is 10.3. The number of hydrogen-bond acceptors (Lipinski definition) is 3. The summed E-state index contributed by atoms with van der Waals surface area (Å²) in [6.45, 7) is 3.02. The highest BCUT2D eigenvalue weighted by Gasteiger charge is 2.21. The molecule has 1 aromatic rings. The van der Waals surface area contributed by atoms with Gasteiger partial charge in [-0.2, -0.15) is 0 Å². The topological polar surface area (TPSA) is 31.4 Å². The number of aryl methyl sites for hydroxylation is 1. The van der Waals surface area contributed by atoms with E-state index in [0.29, 0.717) is 5.88 Å². The molecule has 3 nitrogen and oxygen atoms in total. The van der Waals surface area contributed by atoms with Crippen LogP contribution in [0.4, 0.5) is 0 Å². The van der Waals surface area contributed by atoms with E-state index in [9.17, 15) is 0 Å². The first kappa shape index (κ1) is 11.7. The van der Waals surface area contributed by atoms with Gasteiger partial charge in [-0.1, -0.05) is 0 Å². The van der Waals surface area contributed by atoms with Crippen LogP contribution in [0.2, 0.25) is 0 Å². The number of rotatable bonds is 6. The molecule has 1 aliphatic carbocycles. The van der Waals surface area contributed by atoms with E-state index >= 15 is 0 Å². The fourth-order valence-electron chi connectivity index (χ4n) is 1.43. The highest BCUT2D eigenvalue weighted by atomic mass is 35.5. The summed E-state index contributed by atoms with van der Waals surface area (Å²) in [4.78, 5) is 4.31. The van der Waals surface area contributed by atoms with Crippen molar-refractivity contribution in [1.29, 1.82) is 0 Å². The van der Waals surface area contributed by atoms with Crippen LogP contribution in [0.1, 0.15) is 24.2 Å². The molecule has 0 atom stereocenters. The van der Waals surface area contributed by atoms with Gasteiger partial charge in [0.25, 0.3) is 0 Å². The second kappa shape index (κ2) is 5.51. The van der Waals surface area contributed by atoms with E-state index in [0.717, 1.165) is 29.7 Å². The van der Waals surface area contributed by atoms with Crippen molar-refractivity contribution < 1.29 is 9.47 Å². The van der Waals surface area contributed by atoms with Crippen LogP contribution < -0.4 is 4.74 Å². The zero-order chi connectivity index (χ0) is 11.4. The molecule has 1 aromatic heterocycles. The minimum absolute atomic E-state index is 0.283. The van der Waals surface area contributed by atoms with E-state index in [1.165, 1.54) is 12.8 Å². The summed E-state index contributed by atoms with van der Waals surface area (Å²) < 4.78 is 10.9. The minimum atomic E-state index is 0.283. The molecular weight excluding hydrogens is 226 g/mol. The number of pyridine rings is 1. The first-order chi connectivity index (χ1) is 7.79. The van der Waals surface area contributed by atoms with Gasteiger partial charge in [-0.3, -0.25) is 4.98 Å². The maximum absolute atomic E-state index is 5.79. The molecule has 1 saturated carbocycles. The van der Waals surface area contributed by atoms with Crippen molar-refractivity contribution >= 4 is 11.6 Å². The monoisotopic (exact) mass is 241 g/mol. The molecule has 0 aliphatic heterocycles. The van der Waals surface area contributed by atoms with E-state index in [-0.39, 0.29) is 6.79 Å². The summed E-state index contributed by atoms with van der Waals surface area (Å²) in [7, 11) is 0. The molecule has 0 unspecified atom stereocenters. The van der Waals surface area contributed by atoms with E-state index in [4.69, 9.17) is 21.1 Å². The number of nitrogens with zero attached hydrogens (tertiary/aromatic N) is 1. The van der Waals surface area contributed by atoms with Gasteiger partial charge >= 0.3 is 0 Å². The fraction of sp³-hybridized carbons (Fsp3) is 0.583. The Morgan fingerprint density at radius 3 is 2.94 bits per heavy atom. The van der Waals surface area contributed by atoms with Crippen LogP contribution in [-0.4, -0.2) is 18.4 Å². The number of ether oxygens (including phenoxy) is 2. The van der Waals surface area contributed by atoms with Gasteiger partial charge in [0.05, 0.1) is 18.2 Å². The molecule has 0 saturated heterocycles. The van der Waals surface area contributed by atoms with Gasteiger partial charge in [-0.15, -0.1) is 11.6 Å². The summed E-state index contributed by atoms with van der Waals surface area (Å²) in [5.41, 5.74) is 1.72. The first-order valence-electron chi connectivity index (χ1n) is 5.52. The molecular formula is C12H16ClNO2. The Labute approximate surface area is 101 Å². The molecule has 1 fully saturated rings. The molecule has 0 radical (unpaired) electrons. The van der Waals surface area contributed by atoms with Gasteiger partial charge in [0, 0.05) is 5.69 Å². The number of halogens is 1. The lowest BCUT2D eigenvalue weighted by Crippen LogP contribution is -2.07. The molecule has 0 N–H and O–H groups in total. The summed E-state index contributed by atoms with van der Waals surface area (Å²) in [5.74, 6) is 1.84. The molecule has 0 bridgehead atoms. The second-order valence-electron chi connectivity index (χ2n) is 4.11. The Hall–Kier alpha value is -0.800. The third-order valence-electron chi connectivity index (χ3n) is 2.55. The third-order valence-corrected chi connectivity index (χ3v) is 2.80. The number of aromatic nitrogens is 1. The van der Waals surface area contributed by atoms with Crippen molar-refractivity contribution in [2.24, 2.45) is 5.92 Å². The van der Waals surface area contributed by atoms with Crippen LogP contribution >= 0.6 is 11.6 Å². The maximum atomic E-state index is 5.79. The zero-order valence-corrected chi connectivity index (χ0v) is 10.2. The van der Waals surface area contributed by atoms with Crippen molar-refractivity contribution in [2.45, 2.75) is 25.6 Å². The van der Waals surface area contributed by atoms with Gasteiger partial charge in [-0.05, 0) is 37.8 Å². The molecule has 16 heavy (non-hydrogen) atoms. The molecule has 88 valence electrons. The Kier molecular flexibility index (Phi) is 4.02. The van der Waals surface area contributed by atoms with E-state index in [1.807, 2.05) is 19.1 Å². The maximum Gasteiger partial charge on any atom is 0.189 e. The Morgan fingerprint density at radius 1 is 1.44 bits per heavy atom. The van der Waals surface area contributed by atoms with E-state index in [2.05, 4.69) is 4.98 Å². The molecule has 0 spiro atoms. The first-order valence-corrected chi connectivity index (χ1v) is 6.06. The molecule has 0 amide bonds. The van der Waals surface area contributed by atoms with Gasteiger partial charge in [-0.25, -0.2) is 0 Å². The minimum Gasteiger partial charge on any atom is -0.466 e. The van der Waals surface area contributed by atoms with Gasteiger partial charge in [0.1, 0.15) is 5.75 Å². The Morgan fingerprint density at radius 2 is 2.25 bits per heavy atom. The van der Waals surface area contributed by atoms with Crippen LogP contribution in [0.5, 0.6) is 5.75 Å². The zero-order valence-electron chi connectivity index (χ0n) is 9.41. The van der Waals surface area contributed by atoms with Crippen molar-refractivity contribution in [2.75, 3.05) is 13.4 Å². The van der Waals surface area contributed by atoms with Crippen LogP contribution in [0.3, 0.4) is 0 Å². The smallest absolute Gasteiger partial charge is 0.189 e. The summed E-state index contributed by atoms with van der Waals surface area (Å²) in [6, 6.07) is 3.80. The summed E-state index contributed by atoms with van der Waals surface area (Å²) in [6.07, 6.45) is 2.58. The standard InChI is InChI=1S/C12H16ClNO2/c1-9-2-5-12(11(6-13)14-9)16-8-15-7-10-3-4-10/h2,5,10H,3-4,6-8H2,1H3. The summed E-state index contributed by atoms with van der Waals surface area (Å²) >= 11 is 5.79. The van der Waals surface area contributed by atoms with E-state index in [1.54, 1.807) is 0 Å². The Bertz CT molecular complexity index is 353. The second-order valence-corrected chi connectivity index (χ2v) is 4.37. The molecule has 2 rings (SSSR count). The average molecular weight is 242 g/mol. The highest BCUT2D eigenvalue weighted by molar-refractivity contribution is 6.17. The molecule has 0 aromatic carbocycles. The largest absolute Gasteiger partial charge is 0.466 e. The van der Waals surface area contributed by atoms with Crippen molar-refractivity contribution in [3.05, 3.63) is 23.5 Å². The van der Waals surface area contributed by atoms with Gasteiger partial charge in [0.15, 0.2) is 6.79 Å². The number of hydrogen-bond donors (Lipinski definition) is 0. The number of alkyl halides is 1. The van der Waals surface area contributed by atoms with Gasteiger partial charge < -0.3 is 9.47 Å². The van der Waals surface area contributed by atoms with Crippen LogP contribution in [-0.2, 0) is 10.6 Å². The van der Waals surface area contributed by atoms with Gasteiger partial charge in [0.2, 0.25) is 0 Å². The highest BCUT2D eigenvalue weighted by Crippen LogP contribution is 2.28. The van der Waals surface area contributed by atoms with Crippen molar-refractivity contribution in [3.8, 4) is 5.75 Å². The van der Waals surface area contributed by atoms with Crippen molar-refractivity contribution in [1.82, 2.24) is 4.98 Å². The molecule has 1 heterocycles. The fourth-order valence-corrected chi connectivity index (χ4v) is 1.62. The van der Waals surface area contributed by atoms with Crippen LogP contribution in [0.25, 0.3) is 0 Å². The van der Waals surface area contributed by atoms with Crippen LogP contribution in [0.15, 0.2) is 12.1 Å². The van der Waals surface area contributed by atoms with Crippen molar-refractivity contribution in [3.63, 3.8) is 0 Å². The molecule has 4 heteroatoms.